The number of hydrogen-bond donors (Lipinski definition) is 2. The van der Waals surface area contributed by atoms with Gasteiger partial charge in [-0.1, -0.05) is 12.1 Å². The fraction of sp³-hybridized carbons (Fsp3) is 0.320. The first kappa shape index (κ1) is 22.9. The van der Waals surface area contributed by atoms with Crippen molar-refractivity contribution >= 4 is 22.6 Å². The highest BCUT2D eigenvalue weighted by Crippen LogP contribution is 2.13. The summed E-state index contributed by atoms with van der Waals surface area (Å²) in [6.07, 6.45) is 5.10. The van der Waals surface area contributed by atoms with Crippen molar-refractivity contribution in [2.24, 2.45) is 0 Å². The molecule has 1 aliphatic rings. The van der Waals surface area contributed by atoms with Crippen LogP contribution in [0.2, 0.25) is 0 Å². The number of pyridine rings is 3. The maximum absolute atomic E-state index is 13.4. The lowest BCUT2D eigenvalue weighted by molar-refractivity contribution is 0.0383. The maximum Gasteiger partial charge on any atom is 0.267 e. The van der Waals surface area contributed by atoms with Gasteiger partial charge in [-0.15, -0.1) is 0 Å². The van der Waals surface area contributed by atoms with Gasteiger partial charge in [0.05, 0.1) is 30.7 Å². The molecule has 4 aromatic rings. The van der Waals surface area contributed by atoms with E-state index in [1.807, 2.05) is 25.1 Å². The number of carbonyl (C=O) groups excluding carboxylic acids is 1. The Balaban J connectivity index is 1.57. The average Bonchev–Trinajstić information content (AvgIpc) is 2.87. The van der Waals surface area contributed by atoms with E-state index >= 15 is 0 Å². The Morgan fingerprint density at radius 2 is 2.06 bits per heavy atom. The first-order valence-electron chi connectivity index (χ1n) is 11.6. The third kappa shape index (κ3) is 4.71. The van der Waals surface area contributed by atoms with Gasteiger partial charge in [-0.2, -0.15) is 0 Å². The van der Waals surface area contributed by atoms with Gasteiger partial charge in [-0.05, 0) is 36.2 Å². The first-order chi connectivity index (χ1) is 17.0. The second kappa shape index (κ2) is 9.77. The quantitative estimate of drug-likeness (QED) is 0.403. The minimum Gasteiger partial charge on any atom is -0.379 e. The lowest BCUT2D eigenvalue weighted by atomic mass is 10.1. The van der Waals surface area contributed by atoms with Gasteiger partial charge < -0.3 is 14.6 Å². The summed E-state index contributed by atoms with van der Waals surface area (Å²) in [4.78, 5) is 37.7. The molecule has 1 aliphatic heterocycles. The number of carbonyl (C=O) groups is 1. The SMILES string of the molecule is Cc1ccc2nc3c(cc(C(=O)NCCN4CCOCC4)c(=N)n3Cc3cccnc3)c(=O)n2c1. The fourth-order valence-corrected chi connectivity index (χ4v) is 4.29. The molecular formula is C25H27N7O3. The van der Waals surface area contributed by atoms with Crippen molar-refractivity contribution in [2.45, 2.75) is 13.5 Å². The maximum atomic E-state index is 13.4. The number of nitrogens with one attached hydrogen (secondary N) is 2. The second-order valence-corrected chi connectivity index (χ2v) is 8.65. The zero-order valence-electron chi connectivity index (χ0n) is 19.5. The number of hydrogen-bond acceptors (Lipinski definition) is 7. The third-order valence-electron chi connectivity index (χ3n) is 6.18. The molecule has 0 radical (unpaired) electrons. The Bertz CT molecular complexity index is 1510. The van der Waals surface area contributed by atoms with Gasteiger partial charge >= 0.3 is 0 Å². The number of rotatable bonds is 6. The van der Waals surface area contributed by atoms with Crippen molar-refractivity contribution in [2.75, 3.05) is 39.4 Å². The summed E-state index contributed by atoms with van der Waals surface area (Å²) in [7, 11) is 0. The molecule has 180 valence electrons. The van der Waals surface area contributed by atoms with E-state index in [0.29, 0.717) is 37.6 Å². The smallest absolute Gasteiger partial charge is 0.267 e. The fourth-order valence-electron chi connectivity index (χ4n) is 4.29. The van der Waals surface area contributed by atoms with Crippen LogP contribution in [0.5, 0.6) is 0 Å². The highest BCUT2D eigenvalue weighted by molar-refractivity contribution is 5.96. The number of aromatic nitrogens is 4. The van der Waals surface area contributed by atoms with E-state index < -0.39 is 0 Å². The predicted molar refractivity (Wildman–Crippen MR) is 130 cm³/mol. The second-order valence-electron chi connectivity index (χ2n) is 8.65. The molecule has 4 aromatic heterocycles. The number of fused-ring (bicyclic) bond motifs is 2. The van der Waals surface area contributed by atoms with Gasteiger partial charge in [0.15, 0.2) is 0 Å². The van der Waals surface area contributed by atoms with Crippen molar-refractivity contribution in [3.05, 3.63) is 81.5 Å². The molecule has 0 atom stereocenters. The highest BCUT2D eigenvalue weighted by atomic mass is 16.5. The Hall–Kier alpha value is -3.89. The number of morpholine rings is 1. The van der Waals surface area contributed by atoms with E-state index in [9.17, 15) is 9.59 Å². The molecular weight excluding hydrogens is 446 g/mol. The van der Waals surface area contributed by atoms with Crippen molar-refractivity contribution in [3.63, 3.8) is 0 Å². The van der Waals surface area contributed by atoms with Crippen molar-refractivity contribution in [3.8, 4) is 0 Å². The Morgan fingerprint density at radius 3 is 2.83 bits per heavy atom. The van der Waals surface area contributed by atoms with Crippen molar-refractivity contribution < 1.29 is 9.53 Å². The lowest BCUT2D eigenvalue weighted by Gasteiger charge is -2.26. The molecule has 0 saturated carbocycles. The van der Waals surface area contributed by atoms with Gasteiger partial charge in [-0.25, -0.2) is 4.98 Å². The summed E-state index contributed by atoms with van der Waals surface area (Å²) in [5.74, 6) is -0.390. The topological polar surface area (TPSA) is 118 Å². The number of amides is 1. The summed E-state index contributed by atoms with van der Waals surface area (Å²) in [5, 5.41) is 12.1. The molecule has 10 nitrogen and oxygen atoms in total. The molecule has 1 fully saturated rings. The minimum atomic E-state index is -0.390. The van der Waals surface area contributed by atoms with Gasteiger partial charge in [-0.3, -0.25) is 29.3 Å². The standard InChI is InChI=1S/C25H27N7O3/c1-17-4-5-21-29-23-20(25(34)31(21)15-17)13-19(22(26)32(23)16-18-3-2-6-27-14-18)24(33)28-7-8-30-9-11-35-12-10-30/h2-6,13-15,26H,7-12,16H2,1H3,(H,28,33). The zero-order chi connectivity index (χ0) is 24.4. The Labute approximate surface area is 201 Å². The van der Waals surface area contributed by atoms with Crippen LogP contribution in [0, 0.1) is 12.3 Å². The van der Waals surface area contributed by atoms with Crippen LogP contribution in [0.1, 0.15) is 21.5 Å². The van der Waals surface area contributed by atoms with Crippen LogP contribution in [-0.4, -0.2) is 69.1 Å². The molecule has 0 unspecified atom stereocenters. The van der Waals surface area contributed by atoms with E-state index in [-0.39, 0.29) is 34.4 Å². The summed E-state index contributed by atoms with van der Waals surface area (Å²) >= 11 is 0. The van der Waals surface area contributed by atoms with Crippen LogP contribution in [0.25, 0.3) is 16.7 Å². The Morgan fingerprint density at radius 1 is 1.23 bits per heavy atom. The van der Waals surface area contributed by atoms with E-state index in [1.165, 1.54) is 10.5 Å². The van der Waals surface area contributed by atoms with Crippen LogP contribution in [-0.2, 0) is 11.3 Å². The van der Waals surface area contributed by atoms with Crippen molar-refractivity contribution in [1.82, 2.24) is 29.2 Å². The van der Waals surface area contributed by atoms with Crippen LogP contribution in [0.4, 0.5) is 0 Å². The largest absolute Gasteiger partial charge is 0.379 e. The molecule has 5 heterocycles. The van der Waals surface area contributed by atoms with E-state index in [1.54, 1.807) is 29.2 Å². The Kier molecular flexibility index (Phi) is 6.39. The highest BCUT2D eigenvalue weighted by Gasteiger charge is 2.18. The average molecular weight is 474 g/mol. The molecule has 0 aliphatic carbocycles. The zero-order valence-corrected chi connectivity index (χ0v) is 19.5. The van der Waals surface area contributed by atoms with E-state index in [4.69, 9.17) is 15.1 Å². The molecule has 0 aromatic carbocycles. The van der Waals surface area contributed by atoms with Crippen molar-refractivity contribution in [1.29, 1.82) is 5.41 Å². The van der Waals surface area contributed by atoms with Gasteiger partial charge in [0.2, 0.25) is 0 Å². The molecule has 1 saturated heterocycles. The van der Waals surface area contributed by atoms with Crippen LogP contribution < -0.4 is 16.4 Å². The summed E-state index contributed by atoms with van der Waals surface area (Å²) < 4.78 is 8.45. The molecule has 0 spiro atoms. The van der Waals surface area contributed by atoms with Crippen LogP contribution in [0.3, 0.4) is 0 Å². The summed E-state index contributed by atoms with van der Waals surface area (Å²) in [5.41, 5.74) is 2.44. The monoisotopic (exact) mass is 473 g/mol. The first-order valence-corrected chi connectivity index (χ1v) is 11.6. The predicted octanol–water partition coefficient (Wildman–Crippen LogP) is 0.942. The van der Waals surface area contributed by atoms with E-state index in [0.717, 1.165) is 24.2 Å². The molecule has 1 amide bonds. The van der Waals surface area contributed by atoms with Gasteiger partial charge in [0, 0.05) is 44.8 Å². The molecule has 5 rings (SSSR count). The third-order valence-corrected chi connectivity index (χ3v) is 6.18. The van der Waals surface area contributed by atoms with E-state index in [2.05, 4.69) is 15.2 Å². The number of ether oxygens (including phenoxy) is 1. The summed E-state index contributed by atoms with van der Waals surface area (Å²) in [6, 6.07) is 8.85. The van der Waals surface area contributed by atoms with Gasteiger partial charge in [0.1, 0.15) is 16.8 Å². The number of aryl methyl sites for hydroxylation is 1. The molecule has 35 heavy (non-hydrogen) atoms. The van der Waals surface area contributed by atoms with Crippen LogP contribution in [0.15, 0.2) is 53.7 Å². The number of nitrogens with zero attached hydrogens (tertiary/aromatic N) is 5. The minimum absolute atomic E-state index is 0.00594. The molecule has 2 N–H and O–H groups in total. The normalized spacial score (nSPS) is 14.4. The molecule has 10 heteroatoms. The summed E-state index contributed by atoms with van der Waals surface area (Å²) in [6.45, 7) is 6.33. The van der Waals surface area contributed by atoms with Gasteiger partial charge in [0.25, 0.3) is 11.5 Å². The van der Waals surface area contributed by atoms with Crippen LogP contribution >= 0.6 is 0 Å². The molecule has 0 bridgehead atoms. The lowest BCUT2D eigenvalue weighted by Crippen LogP contribution is -2.42.